The van der Waals surface area contributed by atoms with E-state index in [1.165, 1.54) is 11.3 Å². The van der Waals surface area contributed by atoms with Gasteiger partial charge in [-0.05, 0) is 48.6 Å². The second kappa shape index (κ2) is 7.34. The van der Waals surface area contributed by atoms with E-state index in [1.54, 1.807) is 11.8 Å². The van der Waals surface area contributed by atoms with Gasteiger partial charge in [0.25, 0.3) is 5.91 Å². The molecule has 0 unspecified atom stereocenters. The summed E-state index contributed by atoms with van der Waals surface area (Å²) in [5.41, 5.74) is 3.51. The molecule has 0 saturated heterocycles. The van der Waals surface area contributed by atoms with Gasteiger partial charge in [-0.3, -0.25) is 9.69 Å². The van der Waals surface area contributed by atoms with Gasteiger partial charge in [-0.1, -0.05) is 57.8 Å². The Morgan fingerprint density at radius 1 is 1.19 bits per heavy atom. The molecule has 2 heterocycles. The van der Waals surface area contributed by atoms with E-state index in [9.17, 15) is 4.79 Å². The molecule has 0 aliphatic heterocycles. The SMILES string of the molecule is Cc1nnsc1C(=O)N(Cc1ccccc1)c1nc2c(C)cc(Cl)cc2s1. The minimum atomic E-state index is -0.144. The maximum absolute atomic E-state index is 13.3. The van der Waals surface area contributed by atoms with Crippen molar-refractivity contribution in [2.75, 3.05) is 4.90 Å². The fourth-order valence-electron chi connectivity index (χ4n) is 2.80. The smallest absolute Gasteiger partial charge is 0.274 e. The highest BCUT2D eigenvalue weighted by molar-refractivity contribution is 7.22. The third-order valence-corrected chi connectivity index (χ3v) is 6.20. The van der Waals surface area contributed by atoms with Gasteiger partial charge in [-0.15, -0.1) is 5.10 Å². The zero-order valence-electron chi connectivity index (χ0n) is 14.6. The third kappa shape index (κ3) is 3.58. The molecule has 0 aliphatic carbocycles. The molecule has 4 aromatic rings. The molecule has 27 heavy (non-hydrogen) atoms. The Morgan fingerprint density at radius 3 is 2.67 bits per heavy atom. The second-order valence-electron chi connectivity index (χ2n) is 6.13. The Bertz CT molecular complexity index is 1120. The number of thiazole rings is 1. The van der Waals surface area contributed by atoms with Crippen LogP contribution >= 0.6 is 34.5 Å². The van der Waals surface area contributed by atoms with E-state index in [1.807, 2.05) is 49.4 Å². The number of nitrogens with zero attached hydrogens (tertiary/aromatic N) is 4. The molecule has 2 aromatic heterocycles. The summed E-state index contributed by atoms with van der Waals surface area (Å²) in [6.45, 7) is 4.18. The van der Waals surface area contributed by atoms with Gasteiger partial charge < -0.3 is 0 Å². The monoisotopic (exact) mass is 414 g/mol. The van der Waals surface area contributed by atoms with Gasteiger partial charge in [0.2, 0.25) is 0 Å². The van der Waals surface area contributed by atoms with Crippen molar-refractivity contribution in [3.8, 4) is 0 Å². The molecular weight excluding hydrogens is 400 g/mol. The van der Waals surface area contributed by atoms with Crippen LogP contribution in [0.15, 0.2) is 42.5 Å². The zero-order valence-corrected chi connectivity index (χ0v) is 17.0. The molecule has 0 aliphatic rings. The average Bonchev–Trinajstić information content (AvgIpc) is 3.26. The summed E-state index contributed by atoms with van der Waals surface area (Å²) < 4.78 is 4.86. The lowest BCUT2D eigenvalue weighted by Crippen LogP contribution is -2.30. The molecule has 4 rings (SSSR count). The Labute approximate surface area is 169 Å². The lowest BCUT2D eigenvalue weighted by molar-refractivity contribution is 0.0988. The molecule has 136 valence electrons. The van der Waals surface area contributed by atoms with Gasteiger partial charge in [0.05, 0.1) is 22.5 Å². The number of amides is 1. The Morgan fingerprint density at radius 2 is 1.96 bits per heavy atom. The minimum Gasteiger partial charge on any atom is -0.279 e. The highest BCUT2D eigenvalue weighted by Crippen LogP contribution is 2.34. The normalized spacial score (nSPS) is 11.1. The number of halogens is 1. The fraction of sp³-hybridized carbons (Fsp3) is 0.158. The first-order chi connectivity index (χ1) is 13.0. The number of benzene rings is 2. The Balaban J connectivity index is 1.81. The summed E-state index contributed by atoms with van der Waals surface area (Å²) >= 11 is 8.76. The van der Waals surface area contributed by atoms with E-state index < -0.39 is 0 Å². The van der Waals surface area contributed by atoms with Crippen molar-refractivity contribution < 1.29 is 4.79 Å². The van der Waals surface area contributed by atoms with Crippen LogP contribution in [0, 0.1) is 13.8 Å². The molecule has 0 N–H and O–H groups in total. The molecule has 0 radical (unpaired) electrons. The summed E-state index contributed by atoms with van der Waals surface area (Å²) in [7, 11) is 0. The number of hydrogen-bond donors (Lipinski definition) is 0. The van der Waals surface area contributed by atoms with E-state index in [0.717, 1.165) is 32.9 Å². The maximum Gasteiger partial charge on any atom is 0.274 e. The van der Waals surface area contributed by atoms with Crippen molar-refractivity contribution in [2.24, 2.45) is 0 Å². The third-order valence-electron chi connectivity index (χ3n) is 4.14. The summed E-state index contributed by atoms with van der Waals surface area (Å²) in [5, 5.41) is 5.28. The molecule has 0 atom stereocenters. The minimum absolute atomic E-state index is 0.144. The van der Waals surface area contributed by atoms with Gasteiger partial charge in [-0.25, -0.2) is 4.98 Å². The van der Waals surface area contributed by atoms with Crippen molar-refractivity contribution in [3.05, 3.63) is 69.2 Å². The molecule has 0 bridgehead atoms. The zero-order chi connectivity index (χ0) is 19.0. The van der Waals surface area contributed by atoms with Crippen molar-refractivity contribution >= 4 is 55.7 Å². The van der Waals surface area contributed by atoms with E-state index in [2.05, 4.69) is 9.59 Å². The van der Waals surface area contributed by atoms with Gasteiger partial charge in [0.15, 0.2) is 5.13 Å². The Kier molecular flexibility index (Phi) is 4.90. The van der Waals surface area contributed by atoms with Crippen LogP contribution in [-0.4, -0.2) is 20.5 Å². The van der Waals surface area contributed by atoms with Crippen LogP contribution in [0.4, 0.5) is 5.13 Å². The molecular formula is C19H15ClN4OS2. The molecule has 0 spiro atoms. The van der Waals surface area contributed by atoms with Crippen LogP contribution in [0.25, 0.3) is 10.2 Å². The summed E-state index contributed by atoms with van der Waals surface area (Å²) in [4.78, 5) is 20.2. The van der Waals surface area contributed by atoms with Gasteiger partial charge in [0, 0.05) is 5.02 Å². The summed E-state index contributed by atoms with van der Waals surface area (Å²) in [6, 6.07) is 13.6. The number of rotatable bonds is 4. The molecule has 2 aromatic carbocycles. The standard InChI is InChI=1S/C19H15ClN4OS2/c1-11-8-14(20)9-15-16(11)21-19(26-15)24(10-13-6-4-3-5-7-13)18(25)17-12(2)22-23-27-17/h3-9H,10H2,1-2H3. The van der Waals surface area contributed by atoms with E-state index in [0.29, 0.717) is 27.3 Å². The largest absolute Gasteiger partial charge is 0.279 e. The number of carbonyl (C=O) groups is 1. The number of carbonyl (C=O) groups excluding carboxylic acids is 1. The summed E-state index contributed by atoms with van der Waals surface area (Å²) in [6.07, 6.45) is 0. The molecule has 5 nitrogen and oxygen atoms in total. The summed E-state index contributed by atoms with van der Waals surface area (Å²) in [5.74, 6) is -0.144. The lowest BCUT2D eigenvalue weighted by atomic mass is 10.2. The number of aromatic nitrogens is 3. The first-order valence-electron chi connectivity index (χ1n) is 8.24. The highest BCUT2D eigenvalue weighted by Gasteiger charge is 2.25. The predicted molar refractivity (Wildman–Crippen MR) is 111 cm³/mol. The lowest BCUT2D eigenvalue weighted by Gasteiger charge is -2.19. The van der Waals surface area contributed by atoms with Crippen molar-refractivity contribution in [1.82, 2.24) is 14.6 Å². The molecule has 0 fully saturated rings. The van der Waals surface area contributed by atoms with E-state index >= 15 is 0 Å². The Hall–Kier alpha value is -2.35. The van der Waals surface area contributed by atoms with Gasteiger partial charge in [-0.2, -0.15) is 0 Å². The van der Waals surface area contributed by atoms with Crippen molar-refractivity contribution in [1.29, 1.82) is 0 Å². The number of anilines is 1. The average molecular weight is 415 g/mol. The van der Waals surface area contributed by atoms with Crippen LogP contribution < -0.4 is 4.90 Å². The molecule has 0 saturated carbocycles. The number of hydrogen-bond acceptors (Lipinski definition) is 6. The number of fused-ring (bicyclic) bond motifs is 1. The first-order valence-corrected chi connectivity index (χ1v) is 10.2. The predicted octanol–water partition coefficient (Wildman–Crippen LogP) is 5.27. The van der Waals surface area contributed by atoms with Gasteiger partial charge in [0.1, 0.15) is 4.88 Å². The van der Waals surface area contributed by atoms with Crippen LogP contribution in [-0.2, 0) is 6.54 Å². The molecule has 8 heteroatoms. The van der Waals surface area contributed by atoms with Crippen LogP contribution in [0.5, 0.6) is 0 Å². The van der Waals surface area contributed by atoms with Gasteiger partial charge >= 0.3 is 0 Å². The van der Waals surface area contributed by atoms with Crippen molar-refractivity contribution in [2.45, 2.75) is 20.4 Å². The van der Waals surface area contributed by atoms with Crippen LogP contribution in [0.3, 0.4) is 0 Å². The topological polar surface area (TPSA) is 59.0 Å². The van der Waals surface area contributed by atoms with E-state index in [-0.39, 0.29) is 5.91 Å². The maximum atomic E-state index is 13.3. The van der Waals surface area contributed by atoms with E-state index in [4.69, 9.17) is 16.6 Å². The first kappa shape index (κ1) is 18.0. The second-order valence-corrected chi connectivity index (χ2v) is 8.33. The highest BCUT2D eigenvalue weighted by atomic mass is 35.5. The number of aryl methyl sites for hydroxylation is 2. The fourth-order valence-corrected chi connectivity index (χ4v) is 4.82. The quantitative estimate of drug-likeness (QED) is 0.456. The van der Waals surface area contributed by atoms with Crippen LogP contribution in [0.2, 0.25) is 5.02 Å². The molecule has 1 amide bonds. The van der Waals surface area contributed by atoms with Crippen LogP contribution in [0.1, 0.15) is 26.5 Å². The van der Waals surface area contributed by atoms with Crippen molar-refractivity contribution in [3.63, 3.8) is 0 Å².